The van der Waals surface area contributed by atoms with E-state index in [4.69, 9.17) is 21.1 Å². The van der Waals surface area contributed by atoms with Crippen LogP contribution in [0.25, 0.3) is 6.08 Å². The van der Waals surface area contributed by atoms with Gasteiger partial charge in [-0.05, 0) is 81.8 Å². The van der Waals surface area contributed by atoms with Gasteiger partial charge in [0.2, 0.25) is 0 Å². The zero-order chi connectivity index (χ0) is 24.9. The molecule has 0 aromatic heterocycles. The molecule has 0 atom stereocenters. The Morgan fingerprint density at radius 1 is 1.09 bits per heavy atom. The molecule has 35 heavy (non-hydrogen) atoms. The highest BCUT2D eigenvalue weighted by Crippen LogP contribution is 2.37. The number of hydrogen-bond donors (Lipinski definition) is 1. The van der Waals surface area contributed by atoms with E-state index >= 15 is 0 Å². The molecule has 0 unspecified atom stereocenters. The molecular formula is C25H18BrClN2O5S. The van der Waals surface area contributed by atoms with Crippen molar-refractivity contribution < 1.29 is 23.9 Å². The minimum atomic E-state index is -0.393. The number of halogens is 2. The quantitative estimate of drug-likeness (QED) is 0.331. The van der Waals surface area contributed by atoms with Gasteiger partial charge in [0.05, 0.1) is 22.7 Å². The molecule has 10 heteroatoms. The van der Waals surface area contributed by atoms with E-state index in [-0.39, 0.29) is 17.8 Å². The molecule has 0 saturated carbocycles. The van der Waals surface area contributed by atoms with Gasteiger partial charge in [0.25, 0.3) is 17.1 Å². The SMILES string of the molecule is COc1cc(/C=C2\SC(=O)N(c3ccccc3)C2=O)ccc1OCC(=O)Nc1ccc(Br)c(Cl)c1. The van der Waals surface area contributed by atoms with E-state index in [1.54, 1.807) is 66.7 Å². The molecule has 1 heterocycles. The maximum absolute atomic E-state index is 12.8. The normalized spacial score (nSPS) is 14.4. The van der Waals surface area contributed by atoms with E-state index in [1.165, 1.54) is 7.11 Å². The largest absolute Gasteiger partial charge is 0.493 e. The van der Waals surface area contributed by atoms with Crippen molar-refractivity contribution >= 4 is 73.8 Å². The number of methoxy groups -OCH3 is 1. The summed E-state index contributed by atoms with van der Waals surface area (Å²) in [5.41, 5.74) is 1.70. The molecule has 3 aromatic rings. The minimum Gasteiger partial charge on any atom is -0.493 e. The third-order valence-electron chi connectivity index (χ3n) is 4.86. The maximum Gasteiger partial charge on any atom is 0.298 e. The van der Waals surface area contributed by atoms with Crippen LogP contribution >= 0.6 is 39.3 Å². The Labute approximate surface area is 219 Å². The van der Waals surface area contributed by atoms with E-state index in [0.29, 0.717) is 38.4 Å². The summed E-state index contributed by atoms with van der Waals surface area (Å²) in [7, 11) is 1.47. The van der Waals surface area contributed by atoms with E-state index in [1.807, 2.05) is 6.07 Å². The standard InChI is InChI=1S/C25H18BrClN2O5S/c1-33-21-11-15(12-22-24(31)29(25(32)35-22)17-5-3-2-4-6-17)7-10-20(21)34-14-23(30)28-16-8-9-18(26)19(27)13-16/h2-13H,14H2,1H3,(H,28,30)/b22-12-. The maximum atomic E-state index is 12.8. The molecule has 3 aromatic carbocycles. The average Bonchev–Trinajstić information content (AvgIpc) is 3.13. The number of ether oxygens (including phenoxy) is 2. The van der Waals surface area contributed by atoms with Crippen molar-refractivity contribution in [2.75, 3.05) is 23.9 Å². The van der Waals surface area contributed by atoms with Gasteiger partial charge in [-0.3, -0.25) is 14.4 Å². The van der Waals surface area contributed by atoms with Crippen molar-refractivity contribution in [2.24, 2.45) is 0 Å². The van der Waals surface area contributed by atoms with Crippen LogP contribution in [0.3, 0.4) is 0 Å². The smallest absolute Gasteiger partial charge is 0.298 e. The molecule has 4 rings (SSSR count). The number of benzene rings is 3. The van der Waals surface area contributed by atoms with Crippen LogP contribution in [0.2, 0.25) is 5.02 Å². The van der Waals surface area contributed by atoms with Gasteiger partial charge in [-0.15, -0.1) is 0 Å². The summed E-state index contributed by atoms with van der Waals surface area (Å²) in [4.78, 5) is 38.9. The first kappa shape index (κ1) is 24.8. The summed E-state index contributed by atoms with van der Waals surface area (Å²) in [6.45, 7) is -0.251. The molecule has 3 amide bonds. The summed E-state index contributed by atoms with van der Waals surface area (Å²) < 4.78 is 11.7. The lowest BCUT2D eigenvalue weighted by atomic mass is 10.2. The molecule has 1 aliphatic rings. The molecule has 1 N–H and O–H groups in total. The predicted octanol–water partition coefficient (Wildman–Crippen LogP) is 6.37. The Bertz CT molecular complexity index is 1330. The lowest BCUT2D eigenvalue weighted by molar-refractivity contribution is -0.118. The number of hydrogen-bond acceptors (Lipinski definition) is 6. The Morgan fingerprint density at radius 3 is 2.57 bits per heavy atom. The van der Waals surface area contributed by atoms with Gasteiger partial charge in [0, 0.05) is 10.2 Å². The molecule has 178 valence electrons. The lowest BCUT2D eigenvalue weighted by Crippen LogP contribution is -2.27. The predicted molar refractivity (Wildman–Crippen MR) is 141 cm³/mol. The monoisotopic (exact) mass is 572 g/mol. The molecule has 1 fully saturated rings. The highest BCUT2D eigenvalue weighted by Gasteiger charge is 2.36. The fraction of sp³-hybridized carbons (Fsp3) is 0.0800. The van der Waals surface area contributed by atoms with Crippen molar-refractivity contribution in [3.05, 3.63) is 86.7 Å². The zero-order valence-corrected chi connectivity index (χ0v) is 21.4. The van der Waals surface area contributed by atoms with Gasteiger partial charge in [-0.1, -0.05) is 35.9 Å². The molecule has 1 saturated heterocycles. The number of nitrogens with one attached hydrogen (secondary N) is 1. The molecule has 0 spiro atoms. The Kier molecular flexibility index (Phi) is 7.80. The van der Waals surface area contributed by atoms with E-state index < -0.39 is 5.91 Å². The number of carbonyl (C=O) groups excluding carboxylic acids is 3. The second-order valence-corrected chi connectivity index (χ2v) is 9.48. The molecule has 0 bridgehead atoms. The number of nitrogens with zero attached hydrogens (tertiary/aromatic N) is 1. The third kappa shape index (κ3) is 5.87. The summed E-state index contributed by atoms with van der Waals surface area (Å²) in [5, 5.41) is 2.82. The van der Waals surface area contributed by atoms with Crippen LogP contribution in [0.15, 0.2) is 76.1 Å². The van der Waals surface area contributed by atoms with Crippen LogP contribution in [-0.2, 0) is 9.59 Å². The summed E-state index contributed by atoms with van der Waals surface area (Å²) in [6, 6.07) is 18.8. The summed E-state index contributed by atoms with van der Waals surface area (Å²) in [5.74, 6) is -0.0362. The topological polar surface area (TPSA) is 84.9 Å². The molecular weight excluding hydrogens is 556 g/mol. The second kappa shape index (κ2) is 11.0. The first-order chi connectivity index (χ1) is 16.9. The van der Waals surface area contributed by atoms with Gasteiger partial charge in [0.15, 0.2) is 18.1 Å². The lowest BCUT2D eigenvalue weighted by Gasteiger charge is -2.12. The number of amides is 3. The van der Waals surface area contributed by atoms with Gasteiger partial charge in [-0.2, -0.15) is 0 Å². The highest BCUT2D eigenvalue weighted by molar-refractivity contribution is 9.10. The molecule has 7 nitrogen and oxygen atoms in total. The van der Waals surface area contributed by atoms with Crippen LogP contribution in [0, 0.1) is 0 Å². The van der Waals surface area contributed by atoms with E-state index in [2.05, 4.69) is 21.2 Å². The molecule has 0 radical (unpaired) electrons. The van der Waals surface area contributed by atoms with Gasteiger partial charge in [0.1, 0.15) is 0 Å². The highest BCUT2D eigenvalue weighted by atomic mass is 79.9. The fourth-order valence-electron chi connectivity index (χ4n) is 3.23. The van der Waals surface area contributed by atoms with Crippen molar-refractivity contribution in [2.45, 2.75) is 0 Å². The van der Waals surface area contributed by atoms with Crippen LogP contribution in [0.5, 0.6) is 11.5 Å². The van der Waals surface area contributed by atoms with Gasteiger partial charge < -0.3 is 14.8 Å². The number of thioether (sulfide) groups is 1. The third-order valence-corrected chi connectivity index (χ3v) is 6.96. The Hall–Kier alpha value is -3.27. The Balaban J connectivity index is 1.44. The van der Waals surface area contributed by atoms with E-state index in [9.17, 15) is 14.4 Å². The van der Waals surface area contributed by atoms with Crippen molar-refractivity contribution in [1.29, 1.82) is 0 Å². The second-order valence-electron chi connectivity index (χ2n) is 7.23. The van der Waals surface area contributed by atoms with Gasteiger partial charge >= 0.3 is 0 Å². The van der Waals surface area contributed by atoms with Crippen LogP contribution < -0.4 is 19.7 Å². The van der Waals surface area contributed by atoms with Crippen LogP contribution in [-0.4, -0.2) is 30.8 Å². The van der Waals surface area contributed by atoms with Gasteiger partial charge in [-0.25, -0.2) is 4.90 Å². The summed E-state index contributed by atoms with van der Waals surface area (Å²) in [6.07, 6.45) is 1.62. The molecule has 0 aliphatic carbocycles. The minimum absolute atomic E-state index is 0.251. The summed E-state index contributed by atoms with van der Waals surface area (Å²) >= 11 is 10.2. The van der Waals surface area contributed by atoms with Crippen LogP contribution in [0.4, 0.5) is 16.2 Å². The van der Waals surface area contributed by atoms with Crippen molar-refractivity contribution in [3.8, 4) is 11.5 Å². The molecule has 1 aliphatic heterocycles. The number of carbonyl (C=O) groups is 3. The van der Waals surface area contributed by atoms with Crippen LogP contribution in [0.1, 0.15) is 5.56 Å². The number of anilines is 2. The number of para-hydroxylation sites is 1. The zero-order valence-electron chi connectivity index (χ0n) is 18.3. The fourth-order valence-corrected chi connectivity index (χ4v) is 4.49. The van der Waals surface area contributed by atoms with Crippen molar-refractivity contribution in [3.63, 3.8) is 0 Å². The number of imide groups is 1. The number of rotatable bonds is 7. The first-order valence-electron chi connectivity index (χ1n) is 10.2. The average molecular weight is 574 g/mol. The van der Waals surface area contributed by atoms with Crippen molar-refractivity contribution in [1.82, 2.24) is 0 Å². The van der Waals surface area contributed by atoms with E-state index in [0.717, 1.165) is 21.1 Å². The first-order valence-corrected chi connectivity index (χ1v) is 12.2. The Morgan fingerprint density at radius 2 is 1.86 bits per heavy atom.